The van der Waals surface area contributed by atoms with E-state index >= 15 is 0 Å². The second-order valence-electron chi connectivity index (χ2n) is 4.34. The van der Waals surface area contributed by atoms with Crippen LogP contribution in [0.2, 0.25) is 0 Å². The van der Waals surface area contributed by atoms with E-state index in [0.29, 0.717) is 5.56 Å². The molecule has 0 saturated heterocycles. The highest BCUT2D eigenvalue weighted by Gasteiger charge is 2.32. The Hall–Kier alpha value is -1.64. The lowest BCUT2D eigenvalue weighted by Gasteiger charge is -2.25. The van der Waals surface area contributed by atoms with E-state index in [1.807, 2.05) is 0 Å². The van der Waals surface area contributed by atoms with Crippen molar-refractivity contribution < 1.29 is 35.7 Å². The number of aromatic hydroxyl groups is 1. The first kappa shape index (κ1) is 16.4. The van der Waals surface area contributed by atoms with Gasteiger partial charge in [0.15, 0.2) is 0 Å². The molecule has 1 aromatic rings. The van der Waals surface area contributed by atoms with Crippen molar-refractivity contribution in [1.29, 1.82) is 0 Å². The monoisotopic (exact) mass is 286 g/mol. The van der Waals surface area contributed by atoms with Crippen LogP contribution in [-0.4, -0.2) is 66.8 Å². The van der Waals surface area contributed by atoms with Crippen LogP contribution >= 0.6 is 0 Å². The van der Waals surface area contributed by atoms with Gasteiger partial charge < -0.3 is 35.7 Å². The summed E-state index contributed by atoms with van der Waals surface area (Å²) in [7, 11) is 0. The van der Waals surface area contributed by atoms with Crippen molar-refractivity contribution in [2.75, 3.05) is 6.61 Å². The highest BCUT2D eigenvalue weighted by molar-refractivity contribution is 5.53. The zero-order chi connectivity index (χ0) is 15.3. The average molecular weight is 286 g/mol. The van der Waals surface area contributed by atoms with Gasteiger partial charge >= 0.3 is 0 Å². The van der Waals surface area contributed by atoms with Gasteiger partial charge in [-0.2, -0.15) is 0 Å². The molecule has 1 aromatic carbocycles. The van der Waals surface area contributed by atoms with Gasteiger partial charge in [0.2, 0.25) is 0 Å². The molecular formula is C13H18O7. The summed E-state index contributed by atoms with van der Waals surface area (Å²) in [5.74, 6) is -0.601. The summed E-state index contributed by atoms with van der Waals surface area (Å²) >= 11 is 0. The summed E-state index contributed by atoms with van der Waals surface area (Å²) < 4.78 is 0. The summed E-state index contributed by atoms with van der Waals surface area (Å²) in [5, 5.41) is 65.2. The lowest BCUT2D eigenvalue weighted by molar-refractivity contribution is -0.112. The number of hydrogen-bond acceptors (Lipinski definition) is 7. The number of phenolic OH excluding ortho intramolecular Hbond substituents is 1. The number of benzene rings is 1. The van der Waals surface area contributed by atoms with Crippen LogP contribution in [0.25, 0.3) is 6.08 Å². The Morgan fingerprint density at radius 2 is 1.55 bits per heavy atom. The van der Waals surface area contributed by atoms with E-state index in [4.69, 9.17) is 15.3 Å². The van der Waals surface area contributed by atoms with Crippen LogP contribution in [0.4, 0.5) is 0 Å². The quantitative estimate of drug-likeness (QED) is 0.323. The molecule has 0 unspecified atom stereocenters. The average Bonchev–Trinajstić information content (AvgIpc) is 2.46. The van der Waals surface area contributed by atoms with E-state index in [2.05, 4.69) is 0 Å². The zero-order valence-corrected chi connectivity index (χ0v) is 10.5. The fourth-order valence-corrected chi connectivity index (χ4v) is 1.52. The van der Waals surface area contributed by atoms with Crippen molar-refractivity contribution in [3.05, 3.63) is 35.6 Å². The van der Waals surface area contributed by atoms with Crippen molar-refractivity contribution in [2.24, 2.45) is 0 Å². The molecule has 0 saturated carbocycles. The SMILES string of the molecule is OC[C@H](O)[C@@H](O)[C@@H](O)[C@@H](O)/C(O)=C/c1ccc(O)cc1. The molecule has 0 spiro atoms. The molecule has 0 amide bonds. The number of aliphatic hydroxyl groups is 6. The summed E-state index contributed by atoms with van der Waals surface area (Å²) in [5.41, 5.74) is 0.448. The van der Waals surface area contributed by atoms with Crippen LogP contribution < -0.4 is 0 Å². The van der Waals surface area contributed by atoms with Gasteiger partial charge in [0, 0.05) is 0 Å². The first-order chi connectivity index (χ1) is 9.36. The van der Waals surface area contributed by atoms with Crippen molar-refractivity contribution in [2.45, 2.75) is 24.4 Å². The van der Waals surface area contributed by atoms with Gasteiger partial charge in [-0.3, -0.25) is 0 Å². The fraction of sp³-hybridized carbons (Fsp3) is 0.385. The number of phenols is 1. The summed E-state index contributed by atoms with van der Waals surface area (Å²) in [6.07, 6.45) is -6.03. The molecule has 0 fully saturated rings. The zero-order valence-electron chi connectivity index (χ0n) is 10.5. The smallest absolute Gasteiger partial charge is 0.139 e. The third-order valence-corrected chi connectivity index (χ3v) is 2.77. The topological polar surface area (TPSA) is 142 Å². The minimum Gasteiger partial charge on any atom is -0.509 e. The molecule has 0 heterocycles. The van der Waals surface area contributed by atoms with Gasteiger partial charge in [-0.15, -0.1) is 0 Å². The van der Waals surface area contributed by atoms with Crippen LogP contribution in [0, 0.1) is 0 Å². The highest BCUT2D eigenvalue weighted by Crippen LogP contribution is 2.16. The Kier molecular flexibility index (Phi) is 5.93. The molecule has 7 heteroatoms. The number of hydrogen-bond donors (Lipinski definition) is 7. The van der Waals surface area contributed by atoms with Crippen LogP contribution in [-0.2, 0) is 0 Å². The largest absolute Gasteiger partial charge is 0.509 e. The first-order valence-corrected chi connectivity index (χ1v) is 5.89. The molecule has 0 aliphatic carbocycles. The molecule has 4 atom stereocenters. The van der Waals surface area contributed by atoms with E-state index in [9.17, 15) is 20.4 Å². The summed E-state index contributed by atoms with van der Waals surface area (Å²) in [6.45, 7) is -0.798. The van der Waals surface area contributed by atoms with Crippen LogP contribution in [0.15, 0.2) is 30.0 Å². The lowest BCUT2D eigenvalue weighted by Crippen LogP contribution is -2.46. The molecular weight excluding hydrogens is 268 g/mol. The Morgan fingerprint density at radius 1 is 1.00 bits per heavy atom. The molecule has 0 aromatic heterocycles. The second kappa shape index (κ2) is 7.22. The summed E-state index contributed by atoms with van der Waals surface area (Å²) in [6, 6.07) is 5.66. The predicted octanol–water partition coefficient (Wildman–Crippen LogP) is -1.27. The molecule has 7 N–H and O–H groups in total. The second-order valence-corrected chi connectivity index (χ2v) is 4.34. The number of rotatable bonds is 6. The molecule has 20 heavy (non-hydrogen) atoms. The van der Waals surface area contributed by atoms with Crippen LogP contribution in [0.1, 0.15) is 5.56 Å². The van der Waals surface area contributed by atoms with Gasteiger partial charge in [0.25, 0.3) is 0 Å². The Balaban J connectivity index is 2.79. The molecule has 0 aliphatic rings. The van der Waals surface area contributed by atoms with Crippen molar-refractivity contribution >= 4 is 6.08 Å². The molecule has 7 nitrogen and oxygen atoms in total. The third kappa shape index (κ3) is 4.19. The van der Waals surface area contributed by atoms with Crippen LogP contribution in [0.3, 0.4) is 0 Å². The van der Waals surface area contributed by atoms with Gasteiger partial charge in [0.05, 0.1) is 6.61 Å². The van der Waals surface area contributed by atoms with E-state index in [-0.39, 0.29) is 5.75 Å². The minimum atomic E-state index is -1.87. The molecule has 0 radical (unpaired) electrons. The Labute approximate surface area is 115 Å². The maximum Gasteiger partial charge on any atom is 0.139 e. The van der Waals surface area contributed by atoms with E-state index < -0.39 is 36.8 Å². The van der Waals surface area contributed by atoms with Crippen LogP contribution in [0.5, 0.6) is 5.75 Å². The third-order valence-electron chi connectivity index (χ3n) is 2.77. The van der Waals surface area contributed by atoms with Gasteiger partial charge in [-0.25, -0.2) is 0 Å². The normalized spacial score (nSPS) is 18.4. The Morgan fingerprint density at radius 3 is 2.05 bits per heavy atom. The van der Waals surface area contributed by atoms with Gasteiger partial charge in [-0.1, -0.05) is 12.1 Å². The standard InChI is InChI=1S/C13H18O7/c14-6-10(17)12(19)13(20)11(18)9(16)5-7-1-3-8(15)4-2-7/h1-5,10-20H,6H2/b9-5-/t10-,11-,12+,13-/m0/s1. The van der Waals surface area contributed by atoms with Crippen molar-refractivity contribution in [3.63, 3.8) is 0 Å². The maximum absolute atomic E-state index is 9.65. The van der Waals surface area contributed by atoms with Crippen molar-refractivity contribution in [1.82, 2.24) is 0 Å². The van der Waals surface area contributed by atoms with Gasteiger partial charge in [0.1, 0.15) is 35.9 Å². The Bertz CT molecular complexity index is 443. The fourth-order valence-electron chi connectivity index (χ4n) is 1.52. The van der Waals surface area contributed by atoms with Gasteiger partial charge in [-0.05, 0) is 23.8 Å². The van der Waals surface area contributed by atoms with E-state index in [0.717, 1.165) is 6.08 Å². The molecule has 0 aliphatic heterocycles. The summed E-state index contributed by atoms with van der Waals surface area (Å²) in [4.78, 5) is 0. The highest BCUT2D eigenvalue weighted by atomic mass is 16.4. The maximum atomic E-state index is 9.65. The first-order valence-electron chi connectivity index (χ1n) is 5.89. The number of aliphatic hydroxyl groups excluding tert-OH is 6. The lowest BCUT2D eigenvalue weighted by atomic mass is 10.0. The van der Waals surface area contributed by atoms with Crippen molar-refractivity contribution in [3.8, 4) is 5.75 Å². The minimum absolute atomic E-state index is 0.0312. The molecule has 112 valence electrons. The predicted molar refractivity (Wildman–Crippen MR) is 69.8 cm³/mol. The molecule has 0 bridgehead atoms. The van der Waals surface area contributed by atoms with E-state index in [1.54, 1.807) is 0 Å². The van der Waals surface area contributed by atoms with E-state index in [1.165, 1.54) is 24.3 Å². The molecule has 1 rings (SSSR count).